The zero-order chi connectivity index (χ0) is 16.2. The molecule has 3 aromatic rings. The van der Waals surface area contributed by atoms with Gasteiger partial charge in [0, 0.05) is 18.8 Å². The van der Waals surface area contributed by atoms with Crippen molar-refractivity contribution < 1.29 is 9.32 Å². The fourth-order valence-corrected chi connectivity index (χ4v) is 2.31. The molecule has 1 amide bonds. The second-order valence-electron chi connectivity index (χ2n) is 5.17. The largest absolute Gasteiger partial charge is 0.363 e. The topological polar surface area (TPSA) is 72.1 Å². The highest BCUT2D eigenvalue weighted by atomic mass is 16.5. The first kappa shape index (κ1) is 14.9. The van der Waals surface area contributed by atoms with Crippen LogP contribution in [0, 0.1) is 0 Å². The van der Waals surface area contributed by atoms with Crippen LogP contribution < -0.4 is 0 Å². The Labute approximate surface area is 133 Å². The van der Waals surface area contributed by atoms with Gasteiger partial charge in [-0.25, -0.2) is 9.97 Å². The maximum absolute atomic E-state index is 12.8. The molecule has 2 heterocycles. The molecule has 3 rings (SSSR count). The van der Waals surface area contributed by atoms with Crippen LogP contribution in [0.4, 0.5) is 0 Å². The van der Waals surface area contributed by atoms with Crippen molar-refractivity contribution in [2.75, 3.05) is 7.05 Å². The Hall–Kier alpha value is -3.02. The standard InChI is InChI=1S/C17H16N4O2/c1-12(15-8-9-18-11-19-15)21(2)17(22)14-10-23-20-16(14)13-6-4-3-5-7-13/h3-12H,1-2H3. The van der Waals surface area contributed by atoms with E-state index in [1.165, 1.54) is 12.6 Å². The van der Waals surface area contributed by atoms with Crippen molar-refractivity contribution in [2.45, 2.75) is 13.0 Å². The van der Waals surface area contributed by atoms with Crippen molar-refractivity contribution in [3.05, 3.63) is 66.4 Å². The number of rotatable bonds is 4. The van der Waals surface area contributed by atoms with Gasteiger partial charge in [-0.05, 0) is 13.0 Å². The summed E-state index contributed by atoms with van der Waals surface area (Å²) in [6.07, 6.45) is 4.51. The number of amides is 1. The van der Waals surface area contributed by atoms with E-state index in [1.54, 1.807) is 24.2 Å². The molecule has 23 heavy (non-hydrogen) atoms. The summed E-state index contributed by atoms with van der Waals surface area (Å²) in [5.41, 5.74) is 2.58. The SMILES string of the molecule is CC(c1ccncn1)N(C)C(=O)c1conc1-c1ccccc1. The average molecular weight is 308 g/mol. The average Bonchev–Trinajstić information content (AvgIpc) is 3.11. The number of nitrogens with zero attached hydrogens (tertiary/aromatic N) is 4. The predicted molar refractivity (Wildman–Crippen MR) is 84.5 cm³/mol. The molecule has 1 aromatic carbocycles. The summed E-state index contributed by atoms with van der Waals surface area (Å²) in [6.45, 7) is 1.91. The first-order valence-electron chi connectivity index (χ1n) is 7.21. The molecule has 0 radical (unpaired) electrons. The molecule has 2 aromatic heterocycles. The first-order valence-corrected chi connectivity index (χ1v) is 7.21. The molecule has 0 spiro atoms. The Morgan fingerprint density at radius 1 is 1.22 bits per heavy atom. The molecule has 1 atom stereocenters. The third kappa shape index (κ3) is 2.96. The lowest BCUT2D eigenvalue weighted by Crippen LogP contribution is -2.30. The number of aromatic nitrogens is 3. The maximum Gasteiger partial charge on any atom is 0.259 e. The van der Waals surface area contributed by atoms with Gasteiger partial charge in [0.15, 0.2) is 0 Å². The molecule has 0 bridgehead atoms. The summed E-state index contributed by atoms with van der Waals surface area (Å²) in [7, 11) is 1.73. The third-order valence-corrected chi connectivity index (χ3v) is 3.78. The van der Waals surface area contributed by atoms with Crippen molar-refractivity contribution in [2.24, 2.45) is 0 Å². The van der Waals surface area contributed by atoms with Crippen molar-refractivity contribution in [3.63, 3.8) is 0 Å². The van der Waals surface area contributed by atoms with Crippen molar-refractivity contribution >= 4 is 5.91 Å². The first-order chi connectivity index (χ1) is 11.2. The Bertz CT molecular complexity index is 787. The number of hydrogen-bond donors (Lipinski definition) is 0. The predicted octanol–water partition coefficient (Wildman–Crippen LogP) is 2.96. The van der Waals surface area contributed by atoms with Crippen LogP contribution in [0.1, 0.15) is 29.0 Å². The quantitative estimate of drug-likeness (QED) is 0.741. The van der Waals surface area contributed by atoms with E-state index in [4.69, 9.17) is 4.52 Å². The molecule has 1 unspecified atom stereocenters. The van der Waals surface area contributed by atoms with Gasteiger partial charge in [0.2, 0.25) is 0 Å². The van der Waals surface area contributed by atoms with E-state index in [0.717, 1.165) is 11.3 Å². The molecule has 116 valence electrons. The second kappa shape index (κ2) is 6.39. The van der Waals surface area contributed by atoms with Crippen molar-refractivity contribution in [3.8, 4) is 11.3 Å². The number of benzene rings is 1. The van der Waals surface area contributed by atoms with E-state index in [-0.39, 0.29) is 11.9 Å². The molecule has 0 aliphatic carbocycles. The van der Waals surface area contributed by atoms with Crippen molar-refractivity contribution in [1.82, 2.24) is 20.0 Å². The van der Waals surface area contributed by atoms with Gasteiger partial charge in [0.05, 0.1) is 11.7 Å². The minimum atomic E-state index is -0.191. The van der Waals surface area contributed by atoms with Crippen LogP contribution in [-0.4, -0.2) is 33.0 Å². The highest BCUT2D eigenvalue weighted by Crippen LogP contribution is 2.25. The van der Waals surface area contributed by atoms with Crippen LogP contribution in [0.2, 0.25) is 0 Å². The minimum absolute atomic E-state index is 0.170. The van der Waals surface area contributed by atoms with Gasteiger partial charge in [0.1, 0.15) is 23.8 Å². The number of carbonyl (C=O) groups excluding carboxylic acids is 1. The van der Waals surface area contributed by atoms with Crippen molar-refractivity contribution in [1.29, 1.82) is 0 Å². The Morgan fingerprint density at radius 2 is 2.00 bits per heavy atom. The summed E-state index contributed by atoms with van der Waals surface area (Å²) >= 11 is 0. The van der Waals surface area contributed by atoms with Crippen LogP contribution in [0.15, 0.2) is 59.7 Å². The number of hydrogen-bond acceptors (Lipinski definition) is 5. The molecule has 0 fully saturated rings. The highest BCUT2D eigenvalue weighted by molar-refractivity contribution is 5.99. The van der Waals surface area contributed by atoms with E-state index < -0.39 is 0 Å². The normalized spacial score (nSPS) is 11.9. The molecule has 0 aliphatic rings. The van der Waals surface area contributed by atoms with Gasteiger partial charge in [0.25, 0.3) is 5.91 Å². The third-order valence-electron chi connectivity index (χ3n) is 3.78. The van der Waals surface area contributed by atoms with Crippen LogP contribution in [-0.2, 0) is 0 Å². The highest BCUT2D eigenvalue weighted by Gasteiger charge is 2.24. The summed E-state index contributed by atoms with van der Waals surface area (Å²) in [4.78, 5) is 22.5. The molecule has 0 saturated heterocycles. The molecule has 6 nitrogen and oxygen atoms in total. The van der Waals surface area contributed by atoms with Crippen LogP contribution in [0.3, 0.4) is 0 Å². The summed E-state index contributed by atoms with van der Waals surface area (Å²) in [5, 5.41) is 3.97. The van der Waals surface area contributed by atoms with E-state index in [2.05, 4.69) is 15.1 Å². The van der Waals surface area contributed by atoms with Crippen LogP contribution >= 0.6 is 0 Å². The zero-order valence-electron chi connectivity index (χ0n) is 12.9. The maximum atomic E-state index is 12.8. The lowest BCUT2D eigenvalue weighted by molar-refractivity contribution is 0.0739. The van der Waals surface area contributed by atoms with E-state index in [9.17, 15) is 4.79 Å². The smallest absolute Gasteiger partial charge is 0.259 e. The Balaban J connectivity index is 1.88. The van der Waals surface area contributed by atoms with Crippen LogP contribution in [0.25, 0.3) is 11.3 Å². The molecule has 6 heteroatoms. The van der Waals surface area contributed by atoms with Gasteiger partial charge < -0.3 is 9.42 Å². The Morgan fingerprint density at radius 3 is 2.70 bits per heavy atom. The zero-order valence-corrected chi connectivity index (χ0v) is 12.9. The van der Waals surface area contributed by atoms with Gasteiger partial charge in [-0.3, -0.25) is 4.79 Å². The van der Waals surface area contributed by atoms with Gasteiger partial charge >= 0.3 is 0 Å². The molecule has 0 saturated carbocycles. The summed E-state index contributed by atoms with van der Waals surface area (Å²) < 4.78 is 5.03. The van der Waals surface area contributed by atoms with E-state index in [0.29, 0.717) is 11.3 Å². The number of carbonyl (C=O) groups is 1. The second-order valence-corrected chi connectivity index (χ2v) is 5.17. The molecular weight excluding hydrogens is 292 g/mol. The minimum Gasteiger partial charge on any atom is -0.363 e. The molecular formula is C17H16N4O2. The molecule has 0 aliphatic heterocycles. The fraction of sp³-hybridized carbons (Fsp3) is 0.176. The summed E-state index contributed by atoms with van der Waals surface area (Å²) in [5.74, 6) is -0.170. The van der Waals surface area contributed by atoms with Gasteiger partial charge in [-0.15, -0.1) is 0 Å². The van der Waals surface area contributed by atoms with Gasteiger partial charge in [-0.1, -0.05) is 35.5 Å². The lowest BCUT2D eigenvalue weighted by Gasteiger charge is -2.24. The Kier molecular flexibility index (Phi) is 4.14. The molecule has 0 N–H and O–H groups in total. The van der Waals surface area contributed by atoms with E-state index in [1.807, 2.05) is 37.3 Å². The van der Waals surface area contributed by atoms with Gasteiger partial charge in [-0.2, -0.15) is 0 Å². The monoisotopic (exact) mass is 308 g/mol. The lowest BCUT2D eigenvalue weighted by atomic mass is 10.1. The van der Waals surface area contributed by atoms with Crippen LogP contribution in [0.5, 0.6) is 0 Å². The summed E-state index contributed by atoms with van der Waals surface area (Å²) in [6, 6.07) is 11.1. The fourth-order valence-electron chi connectivity index (χ4n) is 2.31. The van der Waals surface area contributed by atoms with E-state index >= 15 is 0 Å².